The zero-order chi connectivity index (χ0) is 11.1. The number of hydrogen-bond acceptors (Lipinski definition) is 4. The third-order valence-corrected chi connectivity index (χ3v) is 2.79. The molecule has 0 unspecified atom stereocenters. The van der Waals surface area contributed by atoms with E-state index in [2.05, 4.69) is 10.4 Å². The number of nitrogens with two attached hydrogens (primary N) is 1. The van der Waals surface area contributed by atoms with Crippen molar-refractivity contribution in [2.24, 2.45) is 5.84 Å². The molecule has 2 aromatic heterocycles. The molecule has 0 bridgehead atoms. The minimum absolute atomic E-state index is 0.238. The van der Waals surface area contributed by atoms with Crippen LogP contribution in [0.15, 0.2) is 17.5 Å². The van der Waals surface area contributed by atoms with E-state index in [9.17, 15) is 13.2 Å². The third-order valence-electron chi connectivity index (χ3n) is 1.86. The Bertz CT molecular complexity index is 491. The van der Waals surface area contributed by atoms with Gasteiger partial charge >= 0.3 is 6.18 Å². The van der Waals surface area contributed by atoms with Gasteiger partial charge in [0.2, 0.25) is 0 Å². The van der Waals surface area contributed by atoms with Crippen molar-refractivity contribution in [1.82, 2.24) is 4.98 Å². The van der Waals surface area contributed by atoms with Crippen LogP contribution in [0.25, 0.3) is 10.2 Å². The molecular formula is C8H6F3N3S. The average molecular weight is 233 g/mol. The zero-order valence-electron chi connectivity index (χ0n) is 7.30. The van der Waals surface area contributed by atoms with Gasteiger partial charge in [-0.05, 0) is 17.5 Å². The first-order valence-corrected chi connectivity index (χ1v) is 4.82. The number of anilines is 1. The molecule has 0 atom stereocenters. The summed E-state index contributed by atoms with van der Waals surface area (Å²) >= 11 is 1.29. The van der Waals surface area contributed by atoms with E-state index in [1.54, 1.807) is 5.38 Å². The minimum atomic E-state index is -4.46. The second-order valence-corrected chi connectivity index (χ2v) is 3.75. The molecular weight excluding hydrogens is 227 g/mol. The Kier molecular flexibility index (Phi) is 2.28. The van der Waals surface area contributed by atoms with Crippen LogP contribution in [0.1, 0.15) is 5.69 Å². The number of hydrogen-bond donors (Lipinski definition) is 2. The van der Waals surface area contributed by atoms with Gasteiger partial charge < -0.3 is 5.43 Å². The number of nitrogens with zero attached hydrogens (tertiary/aromatic N) is 1. The summed E-state index contributed by atoms with van der Waals surface area (Å²) in [5.41, 5.74) is 1.83. The summed E-state index contributed by atoms with van der Waals surface area (Å²) in [6, 6.07) is 2.43. The molecule has 0 amide bonds. The number of rotatable bonds is 1. The molecule has 3 N–H and O–H groups in total. The van der Waals surface area contributed by atoms with Gasteiger partial charge in [-0.15, -0.1) is 11.3 Å². The number of pyridine rings is 1. The predicted octanol–water partition coefficient (Wildman–Crippen LogP) is 2.60. The van der Waals surface area contributed by atoms with Gasteiger partial charge in [-0.3, -0.25) is 5.84 Å². The normalized spacial score (nSPS) is 12.0. The molecule has 0 aliphatic heterocycles. The molecule has 0 aliphatic carbocycles. The molecule has 0 saturated heterocycles. The number of nitrogen functional groups attached to an aromatic ring is 1. The molecule has 0 radical (unpaired) electrons. The number of alkyl halides is 3. The van der Waals surface area contributed by atoms with Crippen molar-refractivity contribution in [1.29, 1.82) is 0 Å². The van der Waals surface area contributed by atoms with E-state index in [-0.39, 0.29) is 5.69 Å². The van der Waals surface area contributed by atoms with Gasteiger partial charge in [-0.1, -0.05) is 0 Å². The standard InChI is InChI=1S/C8H6F3N3S/c9-8(10,11)6-3-5(14-12)7-4(13-6)1-2-15-7/h1-3H,12H2,(H,13,14). The molecule has 0 fully saturated rings. The highest BCUT2D eigenvalue weighted by molar-refractivity contribution is 7.17. The summed E-state index contributed by atoms with van der Waals surface area (Å²) in [6.07, 6.45) is -4.46. The summed E-state index contributed by atoms with van der Waals surface area (Å²) in [4.78, 5) is 3.50. The Balaban J connectivity index is 2.69. The topological polar surface area (TPSA) is 50.9 Å². The smallest absolute Gasteiger partial charge is 0.323 e. The maximum absolute atomic E-state index is 12.4. The average Bonchev–Trinajstić information content (AvgIpc) is 2.62. The van der Waals surface area contributed by atoms with Crippen molar-refractivity contribution in [3.8, 4) is 0 Å². The number of thiophene rings is 1. The third kappa shape index (κ3) is 1.75. The van der Waals surface area contributed by atoms with E-state index in [1.807, 2.05) is 0 Å². The lowest BCUT2D eigenvalue weighted by molar-refractivity contribution is -0.140. The number of fused-ring (bicyclic) bond motifs is 1. The van der Waals surface area contributed by atoms with Gasteiger partial charge in [0.1, 0.15) is 5.69 Å². The second-order valence-electron chi connectivity index (χ2n) is 2.83. The first kappa shape index (κ1) is 10.2. The fourth-order valence-corrected chi connectivity index (χ4v) is 2.02. The van der Waals surface area contributed by atoms with Crippen LogP contribution in [-0.4, -0.2) is 4.98 Å². The zero-order valence-corrected chi connectivity index (χ0v) is 8.12. The van der Waals surface area contributed by atoms with Crippen LogP contribution in [0.2, 0.25) is 0 Å². The van der Waals surface area contributed by atoms with Gasteiger partial charge in [-0.2, -0.15) is 13.2 Å². The fraction of sp³-hybridized carbons (Fsp3) is 0.125. The monoisotopic (exact) mass is 233 g/mol. The van der Waals surface area contributed by atoms with Crippen molar-refractivity contribution >= 4 is 27.2 Å². The minimum Gasteiger partial charge on any atom is -0.323 e. The highest BCUT2D eigenvalue weighted by atomic mass is 32.1. The maximum atomic E-state index is 12.4. The van der Waals surface area contributed by atoms with E-state index in [0.29, 0.717) is 10.2 Å². The van der Waals surface area contributed by atoms with E-state index in [0.717, 1.165) is 6.07 Å². The molecule has 2 rings (SSSR count). The number of nitrogens with one attached hydrogen (secondary N) is 1. The van der Waals surface area contributed by atoms with Crippen LogP contribution in [0.3, 0.4) is 0 Å². The molecule has 2 aromatic rings. The van der Waals surface area contributed by atoms with Gasteiger partial charge in [0.25, 0.3) is 0 Å². The lowest BCUT2D eigenvalue weighted by atomic mass is 10.3. The second kappa shape index (κ2) is 3.35. The lowest BCUT2D eigenvalue weighted by Gasteiger charge is -2.08. The molecule has 15 heavy (non-hydrogen) atoms. The predicted molar refractivity (Wildman–Crippen MR) is 52.4 cm³/mol. The quantitative estimate of drug-likeness (QED) is 0.588. The Morgan fingerprint density at radius 3 is 2.73 bits per heavy atom. The summed E-state index contributed by atoms with van der Waals surface area (Å²) < 4.78 is 37.8. The van der Waals surface area contributed by atoms with Gasteiger partial charge in [-0.25, -0.2) is 4.98 Å². The fourth-order valence-electron chi connectivity index (χ4n) is 1.21. The van der Waals surface area contributed by atoms with E-state index in [4.69, 9.17) is 5.84 Å². The van der Waals surface area contributed by atoms with Crippen LogP contribution in [-0.2, 0) is 6.18 Å². The Morgan fingerprint density at radius 1 is 1.40 bits per heavy atom. The molecule has 0 saturated carbocycles. The van der Waals surface area contributed by atoms with E-state index >= 15 is 0 Å². The van der Waals surface area contributed by atoms with Crippen LogP contribution >= 0.6 is 11.3 Å². The number of aromatic nitrogens is 1. The largest absolute Gasteiger partial charge is 0.433 e. The SMILES string of the molecule is NNc1cc(C(F)(F)F)nc2ccsc12. The first-order chi connectivity index (χ1) is 7.02. The van der Waals surface area contributed by atoms with Crippen molar-refractivity contribution in [2.45, 2.75) is 6.18 Å². The molecule has 2 heterocycles. The van der Waals surface area contributed by atoms with E-state index in [1.165, 1.54) is 17.4 Å². The first-order valence-electron chi connectivity index (χ1n) is 3.94. The van der Waals surface area contributed by atoms with Crippen LogP contribution in [0.4, 0.5) is 18.9 Å². The van der Waals surface area contributed by atoms with Crippen molar-refractivity contribution in [3.05, 3.63) is 23.2 Å². The number of hydrazine groups is 1. The maximum Gasteiger partial charge on any atom is 0.433 e. The highest BCUT2D eigenvalue weighted by Gasteiger charge is 2.33. The molecule has 80 valence electrons. The van der Waals surface area contributed by atoms with Crippen LogP contribution < -0.4 is 11.3 Å². The molecule has 0 aromatic carbocycles. The van der Waals surface area contributed by atoms with Gasteiger partial charge in [0.05, 0.1) is 15.9 Å². The molecule has 0 aliphatic rings. The lowest BCUT2D eigenvalue weighted by Crippen LogP contribution is -2.12. The van der Waals surface area contributed by atoms with Gasteiger partial charge in [0, 0.05) is 0 Å². The van der Waals surface area contributed by atoms with Crippen LogP contribution in [0, 0.1) is 0 Å². The van der Waals surface area contributed by atoms with Crippen LogP contribution in [0.5, 0.6) is 0 Å². The number of halogens is 3. The van der Waals surface area contributed by atoms with Gasteiger partial charge in [0.15, 0.2) is 0 Å². The van der Waals surface area contributed by atoms with E-state index < -0.39 is 11.9 Å². The summed E-state index contributed by atoms with van der Waals surface area (Å²) in [7, 11) is 0. The molecule has 0 spiro atoms. The van der Waals surface area contributed by atoms with Crippen molar-refractivity contribution in [3.63, 3.8) is 0 Å². The Labute approximate surface area is 86.7 Å². The summed E-state index contributed by atoms with van der Waals surface area (Å²) in [5.74, 6) is 5.15. The molecule has 7 heteroatoms. The Morgan fingerprint density at radius 2 is 2.13 bits per heavy atom. The summed E-state index contributed by atoms with van der Waals surface area (Å²) in [5, 5.41) is 1.67. The van der Waals surface area contributed by atoms with Crippen molar-refractivity contribution in [2.75, 3.05) is 5.43 Å². The summed E-state index contributed by atoms with van der Waals surface area (Å²) in [6.45, 7) is 0. The molecule has 3 nitrogen and oxygen atoms in total. The van der Waals surface area contributed by atoms with Crippen molar-refractivity contribution < 1.29 is 13.2 Å². The highest BCUT2D eigenvalue weighted by Crippen LogP contribution is 2.34. The Hall–Kier alpha value is -1.34.